The summed E-state index contributed by atoms with van der Waals surface area (Å²) in [4.78, 5) is 9.17. The van der Waals surface area contributed by atoms with Crippen LogP contribution in [0.25, 0.3) is 6.08 Å². The summed E-state index contributed by atoms with van der Waals surface area (Å²) in [5.41, 5.74) is 1.17. The molecule has 1 aromatic carbocycles. The minimum Gasteiger partial charge on any atom is -0.303 e. The van der Waals surface area contributed by atoms with Crippen LogP contribution in [0, 0.1) is 0 Å². The highest BCUT2D eigenvalue weighted by Gasteiger charge is 1.75. The Morgan fingerprint density at radius 2 is 1.83 bits per heavy atom. The Kier molecular flexibility index (Phi) is 6.85. The molecule has 0 amide bonds. The summed E-state index contributed by atoms with van der Waals surface area (Å²) >= 11 is 0. The zero-order valence-corrected chi connectivity index (χ0v) is 7.36. The Balaban J connectivity index is 0.000000261. The van der Waals surface area contributed by atoms with Crippen molar-refractivity contribution in [2.75, 3.05) is 0 Å². The molecule has 64 valence electrons. The second-order valence-electron chi connectivity index (χ2n) is 2.19. The standard InChI is InChI=1S/C8H8.C3H6O/c1-2-8-6-4-3-5-7-8;1-2-3-4/h2-7H,1H2;3H,2H2,1H3. The van der Waals surface area contributed by atoms with Gasteiger partial charge in [0.15, 0.2) is 0 Å². The smallest absolute Gasteiger partial charge is 0.119 e. The number of rotatable bonds is 2. The second-order valence-corrected chi connectivity index (χ2v) is 2.19. The number of aldehydes is 1. The molecule has 0 aliphatic heterocycles. The SMILES string of the molecule is C=Cc1ccccc1.CCC=O. The molecule has 0 spiro atoms. The fourth-order valence-corrected chi connectivity index (χ4v) is 0.589. The van der Waals surface area contributed by atoms with E-state index in [2.05, 4.69) is 6.58 Å². The lowest BCUT2D eigenvalue weighted by Gasteiger charge is -1.85. The quantitative estimate of drug-likeness (QED) is 0.611. The average molecular weight is 162 g/mol. The molecule has 1 aromatic rings. The summed E-state index contributed by atoms with van der Waals surface area (Å²) in [6.07, 6.45) is 3.35. The van der Waals surface area contributed by atoms with Crippen molar-refractivity contribution in [1.29, 1.82) is 0 Å². The molecule has 0 saturated heterocycles. The lowest BCUT2D eigenvalue weighted by molar-refractivity contribution is -0.107. The van der Waals surface area contributed by atoms with E-state index in [0.717, 1.165) is 6.29 Å². The number of hydrogen-bond acceptors (Lipinski definition) is 1. The maximum atomic E-state index is 9.17. The molecule has 1 rings (SSSR count). The third-order valence-electron chi connectivity index (χ3n) is 1.20. The Morgan fingerprint density at radius 3 is 2.08 bits per heavy atom. The predicted octanol–water partition coefficient (Wildman–Crippen LogP) is 2.92. The van der Waals surface area contributed by atoms with Gasteiger partial charge in [0, 0.05) is 6.42 Å². The molecule has 0 bridgehead atoms. The van der Waals surface area contributed by atoms with Crippen LogP contribution in [0.2, 0.25) is 0 Å². The molecule has 1 heteroatoms. The summed E-state index contributed by atoms with van der Waals surface area (Å²) in [6.45, 7) is 5.44. The van der Waals surface area contributed by atoms with Gasteiger partial charge >= 0.3 is 0 Å². The van der Waals surface area contributed by atoms with E-state index in [9.17, 15) is 4.79 Å². The number of hydrogen-bond donors (Lipinski definition) is 0. The molecule has 0 saturated carbocycles. The third-order valence-corrected chi connectivity index (χ3v) is 1.20. The van der Waals surface area contributed by atoms with E-state index < -0.39 is 0 Å². The molecule has 0 radical (unpaired) electrons. The molecule has 12 heavy (non-hydrogen) atoms. The van der Waals surface area contributed by atoms with Crippen LogP contribution in [0.3, 0.4) is 0 Å². The van der Waals surface area contributed by atoms with Gasteiger partial charge in [-0.15, -0.1) is 0 Å². The monoisotopic (exact) mass is 162 g/mol. The first kappa shape index (κ1) is 10.6. The third kappa shape index (κ3) is 5.42. The Labute approximate surface area is 73.7 Å². The van der Waals surface area contributed by atoms with Gasteiger partial charge in [-0.3, -0.25) is 0 Å². The van der Waals surface area contributed by atoms with Gasteiger partial charge in [-0.05, 0) is 5.56 Å². The van der Waals surface area contributed by atoms with E-state index in [1.54, 1.807) is 0 Å². The first-order valence-electron chi connectivity index (χ1n) is 3.96. The largest absolute Gasteiger partial charge is 0.303 e. The van der Waals surface area contributed by atoms with Crippen molar-refractivity contribution in [2.45, 2.75) is 13.3 Å². The highest BCUT2D eigenvalue weighted by Crippen LogP contribution is 1.97. The molecule has 0 unspecified atom stereocenters. The van der Waals surface area contributed by atoms with Gasteiger partial charge in [0.1, 0.15) is 6.29 Å². The highest BCUT2D eigenvalue weighted by atomic mass is 16.1. The normalized spacial score (nSPS) is 7.75. The average Bonchev–Trinajstić information content (AvgIpc) is 2.19. The molecule has 0 aliphatic carbocycles. The number of carbonyl (C=O) groups is 1. The molecule has 0 heterocycles. The van der Waals surface area contributed by atoms with Crippen molar-refractivity contribution in [3.05, 3.63) is 42.5 Å². The van der Waals surface area contributed by atoms with E-state index in [-0.39, 0.29) is 0 Å². The molecule has 0 aromatic heterocycles. The van der Waals surface area contributed by atoms with Crippen molar-refractivity contribution >= 4 is 12.4 Å². The maximum absolute atomic E-state index is 9.17. The van der Waals surface area contributed by atoms with E-state index >= 15 is 0 Å². The predicted molar refractivity (Wildman–Crippen MR) is 52.9 cm³/mol. The van der Waals surface area contributed by atoms with Crippen LogP contribution in [0.4, 0.5) is 0 Å². The maximum Gasteiger partial charge on any atom is 0.119 e. The zero-order chi connectivity index (χ0) is 9.23. The summed E-state index contributed by atoms with van der Waals surface area (Å²) in [5, 5.41) is 0. The molecule has 0 fully saturated rings. The number of carbonyl (C=O) groups excluding carboxylic acids is 1. The first-order valence-corrected chi connectivity index (χ1v) is 3.96. The summed E-state index contributed by atoms with van der Waals surface area (Å²) < 4.78 is 0. The van der Waals surface area contributed by atoms with E-state index in [1.807, 2.05) is 43.3 Å². The van der Waals surface area contributed by atoms with Crippen LogP contribution in [-0.4, -0.2) is 6.29 Å². The second kappa shape index (κ2) is 7.73. The molecular formula is C11H14O. The first-order chi connectivity index (χ1) is 5.85. The van der Waals surface area contributed by atoms with Gasteiger partial charge in [0.25, 0.3) is 0 Å². The van der Waals surface area contributed by atoms with Crippen molar-refractivity contribution in [1.82, 2.24) is 0 Å². The zero-order valence-electron chi connectivity index (χ0n) is 7.36. The minimum absolute atomic E-state index is 0.639. The van der Waals surface area contributed by atoms with Gasteiger partial charge in [-0.25, -0.2) is 0 Å². The van der Waals surface area contributed by atoms with Crippen molar-refractivity contribution in [3.8, 4) is 0 Å². The lowest BCUT2D eigenvalue weighted by Crippen LogP contribution is -1.63. The van der Waals surface area contributed by atoms with Crippen LogP contribution in [0.5, 0.6) is 0 Å². The molecule has 0 N–H and O–H groups in total. The fraction of sp³-hybridized carbons (Fsp3) is 0.182. The van der Waals surface area contributed by atoms with Crippen LogP contribution < -0.4 is 0 Å². The minimum atomic E-state index is 0.639. The Morgan fingerprint density at radius 1 is 1.33 bits per heavy atom. The Bertz CT molecular complexity index is 214. The van der Waals surface area contributed by atoms with Crippen LogP contribution in [0.1, 0.15) is 18.9 Å². The molecule has 1 nitrogen and oxygen atoms in total. The van der Waals surface area contributed by atoms with E-state index in [1.165, 1.54) is 5.56 Å². The highest BCUT2D eigenvalue weighted by molar-refractivity contribution is 5.48. The lowest BCUT2D eigenvalue weighted by atomic mass is 10.2. The molecule has 0 atom stereocenters. The van der Waals surface area contributed by atoms with Gasteiger partial charge < -0.3 is 4.79 Å². The van der Waals surface area contributed by atoms with Gasteiger partial charge in [-0.1, -0.05) is 49.9 Å². The van der Waals surface area contributed by atoms with Gasteiger partial charge in [0.05, 0.1) is 0 Å². The topological polar surface area (TPSA) is 17.1 Å². The summed E-state index contributed by atoms with van der Waals surface area (Å²) in [6, 6.07) is 10.0. The summed E-state index contributed by atoms with van der Waals surface area (Å²) in [7, 11) is 0. The van der Waals surface area contributed by atoms with E-state index in [4.69, 9.17) is 0 Å². The Hall–Kier alpha value is -1.37. The van der Waals surface area contributed by atoms with Gasteiger partial charge in [-0.2, -0.15) is 0 Å². The summed E-state index contributed by atoms with van der Waals surface area (Å²) in [5.74, 6) is 0. The van der Waals surface area contributed by atoms with Crippen LogP contribution in [0.15, 0.2) is 36.9 Å². The van der Waals surface area contributed by atoms with Crippen LogP contribution in [-0.2, 0) is 4.79 Å². The molecule has 0 aliphatic rings. The van der Waals surface area contributed by atoms with Gasteiger partial charge in [0.2, 0.25) is 0 Å². The van der Waals surface area contributed by atoms with Crippen molar-refractivity contribution in [2.24, 2.45) is 0 Å². The van der Waals surface area contributed by atoms with Crippen molar-refractivity contribution < 1.29 is 4.79 Å². The fourth-order valence-electron chi connectivity index (χ4n) is 0.589. The van der Waals surface area contributed by atoms with Crippen LogP contribution >= 0.6 is 0 Å². The number of benzene rings is 1. The van der Waals surface area contributed by atoms with Crippen molar-refractivity contribution in [3.63, 3.8) is 0 Å². The van der Waals surface area contributed by atoms with E-state index in [0.29, 0.717) is 6.42 Å². The molecular weight excluding hydrogens is 148 g/mol.